The molecule has 0 atom stereocenters. The summed E-state index contributed by atoms with van der Waals surface area (Å²) in [5.74, 6) is 0.438. The number of amides is 1. The molecule has 0 bridgehead atoms. The minimum Gasteiger partial charge on any atom is -0.484 e. The summed E-state index contributed by atoms with van der Waals surface area (Å²) in [6.45, 7) is 0.698. The maximum atomic E-state index is 12.2. The van der Waals surface area contributed by atoms with Gasteiger partial charge in [-0.05, 0) is 35.2 Å². The van der Waals surface area contributed by atoms with E-state index < -0.39 is 0 Å². The number of ether oxygens (including phenoxy) is 1. The molecule has 0 radical (unpaired) electrons. The molecular formula is C25H23N3O2. The third kappa shape index (κ3) is 5.35. The Morgan fingerprint density at radius 3 is 2.27 bits per heavy atom. The molecule has 0 unspecified atom stereocenters. The maximum absolute atomic E-state index is 12.2. The smallest absolute Gasteiger partial charge is 0.262 e. The van der Waals surface area contributed by atoms with E-state index in [2.05, 4.69) is 34.7 Å². The Morgan fingerprint density at radius 1 is 0.867 bits per heavy atom. The molecule has 1 aromatic heterocycles. The summed E-state index contributed by atoms with van der Waals surface area (Å²) in [4.78, 5) is 12.2. The number of aromatic nitrogens is 2. The molecule has 1 N–H and O–H groups in total. The molecule has 0 saturated carbocycles. The Labute approximate surface area is 175 Å². The highest BCUT2D eigenvalue weighted by molar-refractivity contribution is 5.91. The largest absolute Gasteiger partial charge is 0.484 e. The van der Waals surface area contributed by atoms with Crippen LogP contribution in [-0.2, 0) is 17.8 Å². The molecule has 5 nitrogen and oxygen atoms in total. The van der Waals surface area contributed by atoms with Crippen LogP contribution in [0.4, 0.5) is 5.69 Å². The van der Waals surface area contributed by atoms with Gasteiger partial charge in [0.25, 0.3) is 5.91 Å². The van der Waals surface area contributed by atoms with Gasteiger partial charge in [0.05, 0.1) is 11.9 Å². The molecule has 30 heavy (non-hydrogen) atoms. The summed E-state index contributed by atoms with van der Waals surface area (Å²) in [7, 11) is 0. The van der Waals surface area contributed by atoms with Crippen LogP contribution in [-0.4, -0.2) is 22.3 Å². The van der Waals surface area contributed by atoms with E-state index in [9.17, 15) is 4.79 Å². The second-order valence-corrected chi connectivity index (χ2v) is 6.95. The van der Waals surface area contributed by atoms with Crippen LogP contribution in [0.5, 0.6) is 5.75 Å². The first kappa shape index (κ1) is 19.5. The molecule has 1 heterocycles. The average molecular weight is 397 g/mol. The fourth-order valence-corrected chi connectivity index (χ4v) is 3.16. The number of carbonyl (C=O) groups excluding carboxylic acids is 1. The van der Waals surface area contributed by atoms with E-state index in [-0.39, 0.29) is 12.5 Å². The molecule has 0 saturated heterocycles. The number of anilines is 1. The number of benzene rings is 3. The number of rotatable bonds is 8. The topological polar surface area (TPSA) is 56.1 Å². The Bertz CT molecular complexity index is 1070. The van der Waals surface area contributed by atoms with E-state index >= 15 is 0 Å². The SMILES string of the molecule is O=C(COc1ccc(-c2ccccc2)cc1)Nc1cnn(CCc2ccccc2)c1. The van der Waals surface area contributed by atoms with E-state index in [1.807, 2.05) is 71.5 Å². The normalized spacial score (nSPS) is 10.5. The van der Waals surface area contributed by atoms with Crippen LogP contribution >= 0.6 is 0 Å². The van der Waals surface area contributed by atoms with E-state index in [1.165, 1.54) is 5.56 Å². The molecule has 0 aliphatic heterocycles. The highest BCUT2D eigenvalue weighted by Gasteiger charge is 2.06. The van der Waals surface area contributed by atoms with Crippen molar-refractivity contribution in [3.8, 4) is 16.9 Å². The van der Waals surface area contributed by atoms with Crippen molar-refractivity contribution in [1.82, 2.24) is 9.78 Å². The zero-order valence-electron chi connectivity index (χ0n) is 16.6. The zero-order chi connectivity index (χ0) is 20.6. The third-order valence-electron chi connectivity index (χ3n) is 4.72. The van der Waals surface area contributed by atoms with Gasteiger partial charge in [-0.15, -0.1) is 0 Å². The Balaban J connectivity index is 1.24. The molecule has 150 valence electrons. The van der Waals surface area contributed by atoms with Crippen LogP contribution in [0.1, 0.15) is 5.56 Å². The molecule has 0 aliphatic rings. The Morgan fingerprint density at radius 2 is 1.53 bits per heavy atom. The monoisotopic (exact) mass is 397 g/mol. The van der Waals surface area contributed by atoms with E-state index in [4.69, 9.17) is 4.74 Å². The fourth-order valence-electron chi connectivity index (χ4n) is 3.16. The van der Waals surface area contributed by atoms with Gasteiger partial charge in [0, 0.05) is 12.7 Å². The van der Waals surface area contributed by atoms with Crippen LogP contribution in [0.25, 0.3) is 11.1 Å². The molecule has 0 spiro atoms. The van der Waals surface area contributed by atoms with Gasteiger partial charge >= 0.3 is 0 Å². The number of nitrogens with one attached hydrogen (secondary N) is 1. The number of hydrogen-bond acceptors (Lipinski definition) is 3. The molecule has 1 amide bonds. The van der Waals surface area contributed by atoms with Gasteiger partial charge in [-0.2, -0.15) is 5.10 Å². The standard InChI is InChI=1S/C25H23N3O2/c29-25(19-30-24-13-11-22(12-14-24)21-9-5-2-6-10-21)27-23-17-26-28(18-23)16-15-20-7-3-1-4-8-20/h1-14,17-18H,15-16,19H2,(H,27,29). The van der Waals surface area contributed by atoms with E-state index in [0.717, 1.165) is 24.1 Å². The van der Waals surface area contributed by atoms with Gasteiger partial charge in [-0.25, -0.2) is 0 Å². The summed E-state index contributed by atoms with van der Waals surface area (Å²) in [5.41, 5.74) is 4.17. The van der Waals surface area contributed by atoms with Gasteiger partial charge < -0.3 is 10.1 Å². The van der Waals surface area contributed by atoms with Crippen molar-refractivity contribution in [2.45, 2.75) is 13.0 Å². The summed E-state index contributed by atoms with van der Waals surface area (Å²) in [5, 5.41) is 7.12. The van der Waals surface area contributed by atoms with E-state index in [1.54, 1.807) is 6.20 Å². The molecule has 4 rings (SSSR count). The van der Waals surface area contributed by atoms with Gasteiger partial charge in [-0.1, -0.05) is 72.8 Å². The number of hydrogen-bond donors (Lipinski definition) is 1. The fraction of sp³-hybridized carbons (Fsp3) is 0.120. The van der Waals surface area contributed by atoms with Crippen LogP contribution in [0.2, 0.25) is 0 Å². The predicted molar refractivity (Wildman–Crippen MR) is 118 cm³/mol. The highest BCUT2D eigenvalue weighted by atomic mass is 16.5. The number of aryl methyl sites for hydroxylation is 2. The lowest BCUT2D eigenvalue weighted by molar-refractivity contribution is -0.118. The quantitative estimate of drug-likeness (QED) is 0.464. The van der Waals surface area contributed by atoms with Gasteiger partial charge in [0.1, 0.15) is 5.75 Å². The van der Waals surface area contributed by atoms with Crippen molar-refractivity contribution >= 4 is 11.6 Å². The minimum atomic E-state index is -0.218. The van der Waals surface area contributed by atoms with Crippen LogP contribution in [0, 0.1) is 0 Å². The first-order valence-corrected chi connectivity index (χ1v) is 9.91. The molecule has 4 aromatic rings. The summed E-state index contributed by atoms with van der Waals surface area (Å²) < 4.78 is 7.43. The van der Waals surface area contributed by atoms with Gasteiger partial charge in [-0.3, -0.25) is 9.48 Å². The van der Waals surface area contributed by atoms with Crippen molar-refractivity contribution < 1.29 is 9.53 Å². The molecule has 0 aliphatic carbocycles. The van der Waals surface area contributed by atoms with Crippen LogP contribution < -0.4 is 10.1 Å². The summed E-state index contributed by atoms with van der Waals surface area (Å²) in [6, 6.07) is 28.1. The van der Waals surface area contributed by atoms with Crippen molar-refractivity contribution in [2.24, 2.45) is 0 Å². The highest BCUT2D eigenvalue weighted by Crippen LogP contribution is 2.22. The second kappa shape index (κ2) is 9.56. The van der Waals surface area contributed by atoms with Crippen molar-refractivity contribution in [2.75, 3.05) is 11.9 Å². The summed E-state index contributed by atoms with van der Waals surface area (Å²) in [6.07, 6.45) is 4.37. The number of nitrogens with zero attached hydrogens (tertiary/aromatic N) is 2. The predicted octanol–water partition coefficient (Wildman–Crippen LogP) is 4.81. The van der Waals surface area contributed by atoms with Crippen LogP contribution in [0.3, 0.4) is 0 Å². The first-order valence-electron chi connectivity index (χ1n) is 9.91. The van der Waals surface area contributed by atoms with Gasteiger partial charge in [0.15, 0.2) is 6.61 Å². The Kier molecular flexibility index (Phi) is 6.20. The van der Waals surface area contributed by atoms with E-state index in [0.29, 0.717) is 11.4 Å². The van der Waals surface area contributed by atoms with Crippen molar-refractivity contribution in [3.63, 3.8) is 0 Å². The minimum absolute atomic E-state index is 0.0557. The Hall–Kier alpha value is -3.86. The first-order chi connectivity index (χ1) is 14.8. The molecule has 3 aromatic carbocycles. The summed E-state index contributed by atoms with van der Waals surface area (Å²) >= 11 is 0. The maximum Gasteiger partial charge on any atom is 0.262 e. The lowest BCUT2D eigenvalue weighted by atomic mass is 10.1. The van der Waals surface area contributed by atoms with Crippen LogP contribution in [0.15, 0.2) is 97.3 Å². The average Bonchev–Trinajstić information content (AvgIpc) is 3.25. The third-order valence-corrected chi connectivity index (χ3v) is 4.72. The second-order valence-electron chi connectivity index (χ2n) is 6.95. The molecule has 0 fully saturated rings. The van der Waals surface area contributed by atoms with Crippen molar-refractivity contribution in [3.05, 3.63) is 103 Å². The van der Waals surface area contributed by atoms with Crippen molar-refractivity contribution in [1.29, 1.82) is 0 Å². The lowest BCUT2D eigenvalue weighted by Gasteiger charge is -2.07. The number of carbonyl (C=O) groups is 1. The molecular weight excluding hydrogens is 374 g/mol. The van der Waals surface area contributed by atoms with Gasteiger partial charge in [0.2, 0.25) is 0 Å². The molecule has 5 heteroatoms. The zero-order valence-corrected chi connectivity index (χ0v) is 16.6. The lowest BCUT2D eigenvalue weighted by Crippen LogP contribution is -2.19.